The number of anilines is 2. The predicted molar refractivity (Wildman–Crippen MR) is 253 cm³/mol. The number of sulfonamides is 1. The number of amides is 1. The molecule has 5 aromatic rings. The Kier molecular flexibility index (Phi) is 11.5. The molecule has 0 bridgehead atoms. The predicted octanol–water partition coefficient (Wildman–Crippen LogP) is 8.91. The maximum Gasteiger partial charge on any atom is 0.297 e. The van der Waals surface area contributed by atoms with Crippen LogP contribution >= 0.6 is 0 Å². The maximum atomic E-state index is 14.7. The van der Waals surface area contributed by atoms with Gasteiger partial charge in [0.2, 0.25) is 0 Å². The number of carbonyl (C=O) groups is 1. The van der Waals surface area contributed by atoms with E-state index in [1.165, 1.54) is 47.3 Å². The number of aromatic amines is 1. The molecular formula is C50H56FN7O8S. The molecule has 1 unspecified atom stereocenters. The zero-order chi connectivity index (χ0) is 46.8. The molecule has 1 saturated carbocycles. The van der Waals surface area contributed by atoms with Gasteiger partial charge in [-0.25, -0.2) is 22.5 Å². The van der Waals surface area contributed by atoms with Gasteiger partial charge in [-0.2, -0.15) is 0 Å². The van der Waals surface area contributed by atoms with E-state index in [9.17, 15) is 32.8 Å². The summed E-state index contributed by atoms with van der Waals surface area (Å²) in [6.07, 6.45) is 11.7. The van der Waals surface area contributed by atoms with E-state index in [0.29, 0.717) is 43.3 Å². The summed E-state index contributed by atoms with van der Waals surface area (Å²) in [5.41, 5.74) is 4.12. The van der Waals surface area contributed by atoms with Crippen LogP contribution < -0.4 is 24.4 Å². The Hall–Kier alpha value is -6.04. The second-order valence-electron chi connectivity index (χ2n) is 19.8. The average molecular weight is 934 g/mol. The van der Waals surface area contributed by atoms with E-state index in [1.54, 1.807) is 19.1 Å². The Bertz CT molecular complexity index is 2890. The van der Waals surface area contributed by atoms with Crippen molar-refractivity contribution in [2.45, 2.75) is 101 Å². The summed E-state index contributed by atoms with van der Waals surface area (Å²) in [6.45, 7) is 10.0. The molecule has 0 radical (unpaired) electrons. The van der Waals surface area contributed by atoms with Gasteiger partial charge in [-0.3, -0.25) is 19.8 Å². The lowest BCUT2D eigenvalue weighted by Gasteiger charge is -2.56. The summed E-state index contributed by atoms with van der Waals surface area (Å²) in [7, 11) is -4.72. The van der Waals surface area contributed by atoms with E-state index in [2.05, 4.69) is 74.0 Å². The van der Waals surface area contributed by atoms with Crippen molar-refractivity contribution in [2.24, 2.45) is 11.3 Å². The molecule has 2 aromatic heterocycles. The maximum absolute atomic E-state index is 14.7. The number of benzene rings is 3. The van der Waals surface area contributed by atoms with Crippen LogP contribution in [0.5, 0.6) is 17.2 Å². The average Bonchev–Trinajstić information content (AvgIpc) is 3.94. The fraction of sp³-hybridized carbons (Fsp3) is 0.440. The number of nitrogens with zero attached hydrogens (tertiary/aromatic N) is 4. The molecule has 10 rings (SSSR count). The molecule has 2 atom stereocenters. The van der Waals surface area contributed by atoms with Crippen LogP contribution in [0.15, 0.2) is 84.0 Å². The highest BCUT2D eigenvalue weighted by Gasteiger charge is 2.48. The first-order chi connectivity index (χ1) is 32.1. The Labute approximate surface area is 388 Å². The standard InChI is InChI=1S/C50H56FN7O8S/c1-30(2)35-7-4-5-8-36(35)37-9-6-10-42(37)57-28-50(29-57)17-19-56(20-18-50)32-11-12-38(44(21-32)66-33-22-39-40(51)26-53-47(39)52-25-33)48(59)55-67(63,64)34-23-43(58(61)62)46-45(24-34)65-27-41(54-46)31-13-15-49(3,60)16-14-31/h4-5,7-9,11-12,21-26,30-31,41-42,54,60H,6,10,13-20,27-29H2,1-3H3,(H,52,53)(H,55,59)/t31-,41-,42?,49-/m1/s1. The summed E-state index contributed by atoms with van der Waals surface area (Å²) >= 11 is 0. The highest BCUT2D eigenvalue weighted by Crippen LogP contribution is 2.48. The normalized spacial score (nSPS) is 23.8. The van der Waals surface area contributed by atoms with Crippen molar-refractivity contribution in [3.05, 3.63) is 112 Å². The Morgan fingerprint density at radius 3 is 2.57 bits per heavy atom. The summed E-state index contributed by atoms with van der Waals surface area (Å²) in [6, 6.07) is 17.3. The van der Waals surface area contributed by atoms with Gasteiger partial charge in [0, 0.05) is 62.3 Å². The lowest BCUT2D eigenvalue weighted by molar-refractivity contribution is -0.384. The van der Waals surface area contributed by atoms with Gasteiger partial charge < -0.3 is 29.8 Å². The molecule has 352 valence electrons. The number of hydrogen-bond acceptors (Lipinski definition) is 12. The third-order valence-electron chi connectivity index (χ3n) is 14.9. The van der Waals surface area contributed by atoms with E-state index in [1.807, 2.05) is 0 Å². The van der Waals surface area contributed by atoms with Crippen molar-refractivity contribution in [1.29, 1.82) is 0 Å². The van der Waals surface area contributed by atoms with Crippen molar-refractivity contribution < 1.29 is 37.1 Å². The zero-order valence-corrected chi connectivity index (χ0v) is 38.7. The van der Waals surface area contributed by atoms with E-state index in [4.69, 9.17) is 9.47 Å². The van der Waals surface area contributed by atoms with Crippen LogP contribution in [0.2, 0.25) is 0 Å². The van der Waals surface area contributed by atoms with Crippen molar-refractivity contribution >= 4 is 49.6 Å². The van der Waals surface area contributed by atoms with E-state index in [-0.39, 0.29) is 57.9 Å². The number of aromatic nitrogens is 2. The molecule has 3 aliphatic heterocycles. The zero-order valence-electron chi connectivity index (χ0n) is 37.9. The molecule has 4 N–H and O–H groups in total. The quantitative estimate of drug-likeness (QED) is 0.0728. The molecule has 1 spiro atoms. The summed E-state index contributed by atoms with van der Waals surface area (Å²) in [5.74, 6) is -0.948. The minimum absolute atomic E-state index is 0.0128. The van der Waals surface area contributed by atoms with Crippen LogP contribution in [0.1, 0.15) is 99.5 Å². The minimum atomic E-state index is -4.72. The molecule has 2 aliphatic carbocycles. The van der Waals surface area contributed by atoms with Crippen LogP contribution in [0, 0.1) is 27.3 Å². The first-order valence-electron chi connectivity index (χ1n) is 23.3. The number of allylic oxidation sites excluding steroid dienone is 1. The number of carbonyl (C=O) groups excluding carboxylic acids is 1. The van der Waals surface area contributed by atoms with Gasteiger partial charge in [-0.05, 0) is 110 Å². The number of nitrogens with one attached hydrogen (secondary N) is 3. The number of nitro benzene ring substituents is 1. The number of aliphatic hydroxyl groups is 1. The van der Waals surface area contributed by atoms with Gasteiger partial charge in [0.1, 0.15) is 29.6 Å². The van der Waals surface area contributed by atoms with Gasteiger partial charge in [0.25, 0.3) is 21.6 Å². The molecule has 15 nitrogen and oxygen atoms in total. The number of ether oxygens (including phenoxy) is 2. The van der Waals surface area contributed by atoms with E-state index < -0.39 is 42.9 Å². The lowest BCUT2D eigenvalue weighted by Crippen LogP contribution is -2.62. The highest BCUT2D eigenvalue weighted by molar-refractivity contribution is 7.90. The van der Waals surface area contributed by atoms with Crippen LogP contribution in [0.25, 0.3) is 16.6 Å². The third-order valence-corrected chi connectivity index (χ3v) is 16.2. The second-order valence-corrected chi connectivity index (χ2v) is 21.5. The smallest absolute Gasteiger partial charge is 0.297 e. The van der Waals surface area contributed by atoms with Gasteiger partial charge in [-0.1, -0.05) is 44.2 Å². The monoisotopic (exact) mass is 933 g/mol. The lowest BCUT2D eigenvalue weighted by atomic mass is 9.70. The molecular weight excluding hydrogens is 878 g/mol. The number of rotatable bonds is 11. The number of hydrogen-bond donors (Lipinski definition) is 4. The molecule has 5 aliphatic rings. The van der Waals surface area contributed by atoms with Crippen molar-refractivity contribution in [3.63, 3.8) is 0 Å². The first-order valence-corrected chi connectivity index (χ1v) is 24.8. The van der Waals surface area contributed by atoms with Gasteiger partial charge >= 0.3 is 0 Å². The van der Waals surface area contributed by atoms with Gasteiger partial charge in [0.05, 0.1) is 38.6 Å². The van der Waals surface area contributed by atoms with Crippen LogP contribution in [-0.4, -0.2) is 89.7 Å². The fourth-order valence-electron chi connectivity index (χ4n) is 11.0. The van der Waals surface area contributed by atoms with Crippen molar-refractivity contribution in [1.82, 2.24) is 19.6 Å². The van der Waals surface area contributed by atoms with Crippen LogP contribution in [-0.2, 0) is 10.0 Å². The molecule has 2 saturated heterocycles. The molecule has 3 aromatic carbocycles. The Morgan fingerprint density at radius 2 is 1.82 bits per heavy atom. The fourth-order valence-corrected chi connectivity index (χ4v) is 12.0. The minimum Gasteiger partial charge on any atom is -0.489 e. The SMILES string of the molecule is CC(C)c1ccccc1C1=CCCC1N1CC2(CCN(c3ccc(C(=O)NS(=O)(=O)c4cc5c(c([N+](=O)[O-])c4)N[C@@H]([C@H]4CC[C@](C)(O)CC4)CO5)c(Oc4cnc5[nH]cc(F)c5c4)c3)CC2)C1. The number of halogens is 1. The Balaban J connectivity index is 0.864. The molecule has 3 fully saturated rings. The van der Waals surface area contributed by atoms with Gasteiger partial charge in [-0.15, -0.1) is 0 Å². The molecule has 67 heavy (non-hydrogen) atoms. The number of likely N-dealkylation sites (tertiary alicyclic amines) is 1. The Morgan fingerprint density at radius 1 is 1.06 bits per heavy atom. The number of H-pyrrole nitrogens is 1. The summed E-state index contributed by atoms with van der Waals surface area (Å²) in [4.78, 5) is 37.2. The van der Waals surface area contributed by atoms with Crippen molar-refractivity contribution in [3.8, 4) is 17.2 Å². The van der Waals surface area contributed by atoms with E-state index >= 15 is 0 Å². The second kappa shape index (κ2) is 17.2. The number of piperidine rings is 1. The largest absolute Gasteiger partial charge is 0.489 e. The third kappa shape index (κ3) is 8.72. The molecule has 17 heteroatoms. The number of fused-ring (bicyclic) bond motifs is 2. The van der Waals surface area contributed by atoms with E-state index in [0.717, 1.165) is 63.6 Å². The van der Waals surface area contributed by atoms with Gasteiger partial charge in [0.15, 0.2) is 11.4 Å². The van der Waals surface area contributed by atoms with Crippen LogP contribution in [0.3, 0.4) is 0 Å². The molecule has 1 amide bonds. The topological polar surface area (TPSA) is 192 Å². The first kappa shape index (κ1) is 44.8. The summed E-state index contributed by atoms with van der Waals surface area (Å²) in [5, 5.41) is 26.2. The van der Waals surface area contributed by atoms with Crippen LogP contribution in [0.4, 0.5) is 21.5 Å². The number of pyridine rings is 1. The van der Waals surface area contributed by atoms with Crippen molar-refractivity contribution in [2.75, 3.05) is 43.0 Å². The molecule has 5 heterocycles. The summed E-state index contributed by atoms with van der Waals surface area (Å²) < 4.78 is 56.9. The highest BCUT2D eigenvalue weighted by atomic mass is 32.2. The number of nitro groups is 1.